The average Bonchev–Trinajstić information content (AvgIpc) is 2.95. The first-order valence-electron chi connectivity index (χ1n) is 12.8. The number of hydrogen-bond donors (Lipinski definition) is 0. The minimum Gasteiger partial charge on any atom is -0.496 e. The maximum atomic E-state index is 12.5. The number of nitrogens with zero attached hydrogens (tertiary/aromatic N) is 1. The summed E-state index contributed by atoms with van der Waals surface area (Å²) < 4.78 is 77.1. The van der Waals surface area contributed by atoms with Crippen molar-refractivity contribution in [3.63, 3.8) is 0 Å². The molecule has 0 bridgehead atoms. The van der Waals surface area contributed by atoms with Gasteiger partial charge in [0.2, 0.25) is 0 Å². The van der Waals surface area contributed by atoms with Gasteiger partial charge in [-0.05, 0) is 41.8 Å². The number of aryl methyl sites for hydroxylation is 1. The van der Waals surface area contributed by atoms with Crippen LogP contribution < -0.4 is 22.6 Å². The zero-order chi connectivity index (χ0) is 32.2. The Labute approximate surface area is 255 Å². The van der Waals surface area contributed by atoms with E-state index < -0.39 is 25.2 Å². The van der Waals surface area contributed by atoms with Crippen LogP contribution in [0.5, 0.6) is 28.7 Å². The smallest absolute Gasteiger partial charge is 0.306 e. The second-order valence-electron chi connectivity index (χ2n) is 9.63. The van der Waals surface area contributed by atoms with Crippen molar-refractivity contribution in [2.75, 3.05) is 26.7 Å². The van der Waals surface area contributed by atoms with Gasteiger partial charge in [-0.1, -0.05) is 48.5 Å². The minimum absolute atomic E-state index is 0.0700. The molecule has 232 valence electrons. The van der Waals surface area contributed by atoms with Gasteiger partial charge >= 0.3 is 20.2 Å². The zero-order valence-corrected chi connectivity index (χ0v) is 26.0. The van der Waals surface area contributed by atoms with Crippen LogP contribution in [0.1, 0.15) is 11.1 Å². The molecular formula is C30H29NO11S2. The van der Waals surface area contributed by atoms with E-state index in [0.717, 1.165) is 18.1 Å². The molecule has 4 rings (SSSR count). The predicted octanol–water partition coefficient (Wildman–Crippen LogP) is 5.51. The van der Waals surface area contributed by atoms with Crippen LogP contribution in [-0.4, -0.2) is 48.5 Å². The number of benzene rings is 4. The molecule has 0 N–H and O–H groups in total. The molecule has 4 aromatic rings. The Morgan fingerprint density at radius 1 is 0.727 bits per heavy atom. The summed E-state index contributed by atoms with van der Waals surface area (Å²) in [6, 6.07) is 19.5. The summed E-state index contributed by atoms with van der Waals surface area (Å²) in [6.45, 7) is 1.70. The number of nitro benzene ring substituents is 1. The number of methoxy groups -OCH3 is 2. The summed E-state index contributed by atoms with van der Waals surface area (Å²) in [6.07, 6.45) is 1.71. The van der Waals surface area contributed by atoms with Gasteiger partial charge in [0, 0.05) is 17.2 Å². The van der Waals surface area contributed by atoms with Crippen molar-refractivity contribution >= 4 is 25.9 Å². The summed E-state index contributed by atoms with van der Waals surface area (Å²) in [5, 5.41) is 11.6. The van der Waals surface area contributed by atoms with Crippen LogP contribution in [-0.2, 0) is 26.8 Å². The highest BCUT2D eigenvalue weighted by atomic mass is 32.2. The Morgan fingerprint density at radius 3 is 1.98 bits per heavy atom. The van der Waals surface area contributed by atoms with E-state index in [1.807, 2.05) is 30.3 Å². The number of hydrogen-bond acceptors (Lipinski definition) is 11. The molecule has 4 aromatic carbocycles. The van der Waals surface area contributed by atoms with Gasteiger partial charge in [-0.15, -0.1) is 0 Å². The standard InChI is InChI=1S/C30H29NO11S2/c1-19-11-12-21(15-24(19)31(32)33)23-17-27(38-2)28(30(29(23)39-3)42-44(5,36)37)22-13-14-25(26(16-22)41-43(4,34)35)40-18-20-9-7-6-8-10-20/h6-17H,18H2,1-5H3. The van der Waals surface area contributed by atoms with Crippen LogP contribution in [0.2, 0.25) is 0 Å². The molecule has 0 aliphatic rings. The Bertz CT molecular complexity index is 1920. The summed E-state index contributed by atoms with van der Waals surface area (Å²) in [4.78, 5) is 11.1. The van der Waals surface area contributed by atoms with Crippen LogP contribution in [0.25, 0.3) is 22.3 Å². The molecule has 0 saturated heterocycles. The molecule has 0 aliphatic carbocycles. The second kappa shape index (κ2) is 12.8. The van der Waals surface area contributed by atoms with Crippen LogP contribution in [0.15, 0.2) is 72.8 Å². The minimum atomic E-state index is -4.17. The predicted molar refractivity (Wildman–Crippen MR) is 164 cm³/mol. The summed E-state index contributed by atoms with van der Waals surface area (Å²) in [7, 11) is -5.58. The molecule has 44 heavy (non-hydrogen) atoms. The second-order valence-corrected chi connectivity index (χ2v) is 12.8. The van der Waals surface area contributed by atoms with Gasteiger partial charge in [-0.3, -0.25) is 10.1 Å². The molecule has 0 spiro atoms. The van der Waals surface area contributed by atoms with Crippen molar-refractivity contribution < 1.29 is 44.3 Å². The van der Waals surface area contributed by atoms with Crippen molar-refractivity contribution in [1.82, 2.24) is 0 Å². The van der Waals surface area contributed by atoms with Crippen LogP contribution in [0.4, 0.5) is 5.69 Å². The lowest BCUT2D eigenvalue weighted by Gasteiger charge is -2.21. The fourth-order valence-electron chi connectivity index (χ4n) is 4.42. The van der Waals surface area contributed by atoms with Crippen molar-refractivity contribution in [2.45, 2.75) is 13.5 Å². The SMILES string of the molecule is COc1cc(-c2ccc(C)c([N+](=O)[O-])c2)c(OC)c(OS(C)(=O)=O)c1-c1ccc(OCc2ccccc2)c(OS(C)(=O)=O)c1. The summed E-state index contributed by atoms with van der Waals surface area (Å²) >= 11 is 0. The van der Waals surface area contributed by atoms with E-state index in [2.05, 4.69) is 0 Å². The lowest BCUT2D eigenvalue weighted by atomic mass is 9.95. The monoisotopic (exact) mass is 643 g/mol. The van der Waals surface area contributed by atoms with E-state index in [1.165, 1.54) is 44.6 Å². The first-order valence-corrected chi connectivity index (χ1v) is 16.5. The van der Waals surface area contributed by atoms with Crippen molar-refractivity contribution in [2.24, 2.45) is 0 Å². The zero-order valence-electron chi connectivity index (χ0n) is 24.4. The summed E-state index contributed by atoms with van der Waals surface area (Å²) in [5.74, 6) is -0.352. The van der Waals surface area contributed by atoms with E-state index in [1.54, 1.807) is 19.1 Å². The van der Waals surface area contributed by atoms with Crippen LogP contribution in [0, 0.1) is 17.0 Å². The third-order valence-electron chi connectivity index (χ3n) is 6.29. The van der Waals surface area contributed by atoms with Crippen molar-refractivity contribution in [3.8, 4) is 51.0 Å². The maximum absolute atomic E-state index is 12.5. The average molecular weight is 644 g/mol. The highest BCUT2D eigenvalue weighted by Gasteiger charge is 2.28. The lowest BCUT2D eigenvalue weighted by Crippen LogP contribution is -2.10. The fourth-order valence-corrected chi connectivity index (χ4v) is 5.34. The third kappa shape index (κ3) is 7.57. The third-order valence-corrected chi connectivity index (χ3v) is 7.24. The normalized spacial score (nSPS) is 11.5. The van der Waals surface area contributed by atoms with Crippen LogP contribution >= 0.6 is 0 Å². The Hall–Kier alpha value is -4.82. The van der Waals surface area contributed by atoms with Gasteiger partial charge in [0.15, 0.2) is 23.0 Å². The molecule has 0 unspecified atom stereocenters. The topological polar surface area (TPSA) is 158 Å². The molecular weight excluding hydrogens is 614 g/mol. The highest BCUT2D eigenvalue weighted by Crippen LogP contribution is 2.52. The Balaban J connectivity index is 1.97. The van der Waals surface area contributed by atoms with Gasteiger partial charge < -0.3 is 22.6 Å². The number of rotatable bonds is 12. The molecule has 0 radical (unpaired) electrons. The fraction of sp³-hybridized carbons (Fsp3) is 0.200. The van der Waals surface area contributed by atoms with Crippen molar-refractivity contribution in [1.29, 1.82) is 0 Å². The molecule has 12 nitrogen and oxygen atoms in total. The molecule has 0 atom stereocenters. The number of nitro groups is 1. The van der Waals surface area contributed by atoms with E-state index in [-0.39, 0.29) is 57.7 Å². The van der Waals surface area contributed by atoms with Gasteiger partial charge in [-0.2, -0.15) is 16.8 Å². The largest absolute Gasteiger partial charge is 0.496 e. The first-order chi connectivity index (χ1) is 20.7. The van der Waals surface area contributed by atoms with E-state index in [4.69, 9.17) is 22.6 Å². The number of ether oxygens (including phenoxy) is 3. The van der Waals surface area contributed by atoms with Gasteiger partial charge in [-0.25, -0.2) is 0 Å². The summed E-state index contributed by atoms with van der Waals surface area (Å²) in [5.41, 5.74) is 1.95. The van der Waals surface area contributed by atoms with E-state index >= 15 is 0 Å². The lowest BCUT2D eigenvalue weighted by molar-refractivity contribution is -0.385. The van der Waals surface area contributed by atoms with E-state index in [0.29, 0.717) is 11.1 Å². The van der Waals surface area contributed by atoms with Gasteiger partial charge in [0.25, 0.3) is 5.69 Å². The molecule has 14 heteroatoms. The van der Waals surface area contributed by atoms with Gasteiger partial charge in [0.05, 0.1) is 37.2 Å². The van der Waals surface area contributed by atoms with Crippen LogP contribution in [0.3, 0.4) is 0 Å². The highest BCUT2D eigenvalue weighted by molar-refractivity contribution is 7.86. The molecule has 0 heterocycles. The van der Waals surface area contributed by atoms with Crippen molar-refractivity contribution in [3.05, 3.63) is 94.0 Å². The molecule has 0 saturated carbocycles. The maximum Gasteiger partial charge on any atom is 0.306 e. The first kappa shape index (κ1) is 32.1. The van der Waals surface area contributed by atoms with E-state index in [9.17, 15) is 26.9 Å². The van der Waals surface area contributed by atoms with Gasteiger partial charge in [0.1, 0.15) is 12.4 Å². The Morgan fingerprint density at radius 2 is 1.39 bits per heavy atom. The Kier molecular flexibility index (Phi) is 9.35. The molecule has 0 amide bonds. The molecule has 0 aromatic heterocycles. The quantitative estimate of drug-likeness (QED) is 0.109. The molecule has 0 fully saturated rings. The molecule has 0 aliphatic heterocycles.